The number of aromatic nitrogens is 2. The lowest BCUT2D eigenvalue weighted by Crippen LogP contribution is -2.07. The first-order valence-corrected chi connectivity index (χ1v) is 9.81. The predicted octanol–water partition coefficient (Wildman–Crippen LogP) is 4.56. The lowest BCUT2D eigenvalue weighted by Gasteiger charge is -2.13. The number of methoxy groups -OCH3 is 1. The molecule has 8 nitrogen and oxygen atoms in total. The molecule has 166 valence electrons. The molecular formula is C23H24FN5O3. The zero-order valence-electron chi connectivity index (χ0n) is 17.8. The number of halogens is 1. The van der Waals surface area contributed by atoms with E-state index in [1.165, 1.54) is 18.2 Å². The second-order valence-corrected chi connectivity index (χ2v) is 6.74. The van der Waals surface area contributed by atoms with Gasteiger partial charge in [-0.3, -0.25) is 4.79 Å². The van der Waals surface area contributed by atoms with Crippen molar-refractivity contribution in [1.29, 1.82) is 0 Å². The largest absolute Gasteiger partial charge is 0.488 e. The quantitative estimate of drug-likeness (QED) is 0.316. The van der Waals surface area contributed by atoms with Crippen LogP contribution in [0.15, 0.2) is 61.3 Å². The molecule has 0 aliphatic rings. The summed E-state index contributed by atoms with van der Waals surface area (Å²) >= 11 is 0. The van der Waals surface area contributed by atoms with Gasteiger partial charge in [0, 0.05) is 42.0 Å². The minimum absolute atomic E-state index is 0.142. The normalized spacial score (nSPS) is 10.3. The second kappa shape index (κ2) is 10.9. The summed E-state index contributed by atoms with van der Waals surface area (Å²) in [4.78, 5) is 20.2. The first-order valence-electron chi connectivity index (χ1n) is 9.81. The van der Waals surface area contributed by atoms with Crippen molar-refractivity contribution in [3.63, 3.8) is 0 Å². The minimum atomic E-state index is -0.505. The number of nitrogens with one attached hydrogen (secondary N) is 3. The number of ether oxygens (including phenoxy) is 2. The summed E-state index contributed by atoms with van der Waals surface area (Å²) in [5, 5.41) is 8.90. The molecule has 0 unspecified atom stereocenters. The number of benzene rings is 2. The topological polar surface area (TPSA) is 97.4 Å². The molecule has 0 fully saturated rings. The van der Waals surface area contributed by atoms with Gasteiger partial charge in [0.25, 0.3) is 0 Å². The first kappa shape index (κ1) is 22.7. The summed E-state index contributed by atoms with van der Waals surface area (Å²) < 4.78 is 24.5. The Bertz CT molecular complexity index is 1110. The van der Waals surface area contributed by atoms with Crippen molar-refractivity contribution in [2.45, 2.75) is 6.92 Å². The maximum absolute atomic E-state index is 14.3. The van der Waals surface area contributed by atoms with Crippen LogP contribution in [0.4, 0.5) is 33.2 Å². The molecule has 9 heteroatoms. The van der Waals surface area contributed by atoms with Gasteiger partial charge in [-0.05, 0) is 43.3 Å². The minimum Gasteiger partial charge on any atom is -0.488 e. The third-order valence-electron chi connectivity index (χ3n) is 4.28. The van der Waals surface area contributed by atoms with Crippen LogP contribution in [-0.2, 0) is 9.53 Å². The van der Waals surface area contributed by atoms with Crippen LogP contribution < -0.4 is 20.7 Å². The third kappa shape index (κ3) is 6.26. The van der Waals surface area contributed by atoms with E-state index in [0.717, 1.165) is 11.3 Å². The SMILES string of the molecule is C=CC(=O)Nc1cccc(Nc2nc(Nc3ccc(OCCOC)c(F)c3)ncc2C)c1. The van der Waals surface area contributed by atoms with Gasteiger partial charge in [-0.1, -0.05) is 12.6 Å². The number of aryl methyl sites for hydroxylation is 1. The van der Waals surface area contributed by atoms with Crippen molar-refractivity contribution in [2.75, 3.05) is 36.3 Å². The lowest BCUT2D eigenvalue weighted by molar-refractivity contribution is -0.111. The molecule has 0 bridgehead atoms. The van der Waals surface area contributed by atoms with Crippen LogP contribution in [0.2, 0.25) is 0 Å². The zero-order chi connectivity index (χ0) is 22.9. The molecule has 0 saturated carbocycles. The van der Waals surface area contributed by atoms with Gasteiger partial charge in [-0.25, -0.2) is 9.37 Å². The number of hydrogen-bond acceptors (Lipinski definition) is 7. The van der Waals surface area contributed by atoms with E-state index in [-0.39, 0.29) is 18.3 Å². The van der Waals surface area contributed by atoms with Gasteiger partial charge in [0.15, 0.2) is 11.6 Å². The van der Waals surface area contributed by atoms with Gasteiger partial charge >= 0.3 is 0 Å². The first-order chi connectivity index (χ1) is 15.5. The second-order valence-electron chi connectivity index (χ2n) is 6.74. The van der Waals surface area contributed by atoms with Crippen LogP contribution in [0.25, 0.3) is 0 Å². The van der Waals surface area contributed by atoms with Crippen LogP contribution in [-0.4, -0.2) is 36.2 Å². The van der Waals surface area contributed by atoms with Gasteiger partial charge < -0.3 is 25.4 Å². The van der Waals surface area contributed by atoms with Gasteiger partial charge in [0.2, 0.25) is 11.9 Å². The highest BCUT2D eigenvalue weighted by Gasteiger charge is 2.09. The van der Waals surface area contributed by atoms with E-state index in [1.54, 1.807) is 37.6 Å². The van der Waals surface area contributed by atoms with Crippen molar-refractivity contribution in [2.24, 2.45) is 0 Å². The van der Waals surface area contributed by atoms with Gasteiger partial charge in [0.1, 0.15) is 12.4 Å². The van der Waals surface area contributed by atoms with Gasteiger partial charge in [-0.15, -0.1) is 0 Å². The number of carbonyl (C=O) groups excluding carboxylic acids is 1. The number of rotatable bonds is 10. The van der Waals surface area contributed by atoms with E-state index in [9.17, 15) is 9.18 Å². The third-order valence-corrected chi connectivity index (χ3v) is 4.28. The molecule has 3 rings (SSSR count). The molecule has 0 atom stereocenters. The summed E-state index contributed by atoms with van der Waals surface area (Å²) in [7, 11) is 1.55. The number of anilines is 5. The Morgan fingerprint density at radius 2 is 1.91 bits per heavy atom. The molecule has 0 radical (unpaired) electrons. The molecule has 1 heterocycles. The fraction of sp³-hybridized carbons (Fsp3) is 0.174. The molecule has 0 aliphatic heterocycles. The number of carbonyl (C=O) groups is 1. The van der Waals surface area contributed by atoms with E-state index in [2.05, 4.69) is 32.5 Å². The van der Waals surface area contributed by atoms with E-state index >= 15 is 0 Å². The molecule has 0 aliphatic carbocycles. The van der Waals surface area contributed by atoms with Crippen molar-refractivity contribution in [1.82, 2.24) is 9.97 Å². The number of hydrogen-bond donors (Lipinski definition) is 3. The molecule has 2 aromatic carbocycles. The highest BCUT2D eigenvalue weighted by Crippen LogP contribution is 2.25. The fourth-order valence-corrected chi connectivity index (χ4v) is 2.69. The Hall–Kier alpha value is -3.98. The summed E-state index contributed by atoms with van der Waals surface area (Å²) in [6.07, 6.45) is 2.85. The molecule has 3 N–H and O–H groups in total. The summed E-state index contributed by atoms with van der Waals surface area (Å²) in [5.74, 6) is 0.198. The standard InChI is InChI=1S/C23H24FN5O3/c1-4-21(30)26-16-6-5-7-17(12-16)27-22-15(2)14-25-23(29-22)28-18-8-9-20(19(24)13-18)32-11-10-31-3/h4-9,12-14H,1,10-11H2,2-3H3,(H,26,30)(H2,25,27,28,29). The fourth-order valence-electron chi connectivity index (χ4n) is 2.69. The zero-order valence-corrected chi connectivity index (χ0v) is 17.8. The summed E-state index contributed by atoms with van der Waals surface area (Å²) in [6, 6.07) is 11.7. The number of nitrogens with zero attached hydrogens (tertiary/aromatic N) is 2. The van der Waals surface area contributed by atoms with Crippen molar-refractivity contribution < 1.29 is 18.7 Å². The molecule has 32 heavy (non-hydrogen) atoms. The van der Waals surface area contributed by atoms with Crippen LogP contribution in [0.1, 0.15) is 5.56 Å². The van der Waals surface area contributed by atoms with E-state index < -0.39 is 5.82 Å². The van der Waals surface area contributed by atoms with Crippen molar-refractivity contribution >= 4 is 34.7 Å². The smallest absolute Gasteiger partial charge is 0.247 e. The maximum Gasteiger partial charge on any atom is 0.247 e. The molecule has 1 amide bonds. The van der Waals surface area contributed by atoms with E-state index in [0.29, 0.717) is 29.7 Å². The molecule has 3 aromatic rings. The Kier molecular flexibility index (Phi) is 7.71. The van der Waals surface area contributed by atoms with Crippen molar-refractivity contribution in [3.8, 4) is 5.75 Å². The Labute approximate surface area is 185 Å². The van der Waals surface area contributed by atoms with Crippen LogP contribution in [0, 0.1) is 12.7 Å². The van der Waals surface area contributed by atoms with Gasteiger partial charge in [-0.2, -0.15) is 4.98 Å². The summed E-state index contributed by atoms with van der Waals surface area (Å²) in [6.45, 7) is 5.93. The maximum atomic E-state index is 14.3. The highest BCUT2D eigenvalue weighted by molar-refractivity contribution is 5.99. The van der Waals surface area contributed by atoms with E-state index in [1.807, 2.05) is 13.0 Å². The molecular weight excluding hydrogens is 413 g/mol. The Balaban J connectivity index is 1.72. The van der Waals surface area contributed by atoms with Crippen LogP contribution in [0.3, 0.4) is 0 Å². The molecule has 0 spiro atoms. The predicted molar refractivity (Wildman–Crippen MR) is 122 cm³/mol. The Morgan fingerprint density at radius 3 is 2.66 bits per heavy atom. The molecule has 1 aromatic heterocycles. The van der Waals surface area contributed by atoms with Crippen LogP contribution in [0.5, 0.6) is 5.75 Å². The monoisotopic (exact) mass is 437 g/mol. The Morgan fingerprint density at radius 1 is 1.12 bits per heavy atom. The van der Waals surface area contributed by atoms with Gasteiger partial charge in [0.05, 0.1) is 6.61 Å². The van der Waals surface area contributed by atoms with Crippen LogP contribution >= 0.6 is 0 Å². The molecule has 0 saturated heterocycles. The van der Waals surface area contributed by atoms with E-state index in [4.69, 9.17) is 9.47 Å². The summed E-state index contributed by atoms with van der Waals surface area (Å²) in [5.41, 5.74) is 2.63. The lowest BCUT2D eigenvalue weighted by atomic mass is 10.2. The average Bonchev–Trinajstić information content (AvgIpc) is 2.78. The number of amides is 1. The highest BCUT2D eigenvalue weighted by atomic mass is 19.1. The average molecular weight is 437 g/mol. The van der Waals surface area contributed by atoms with Crippen molar-refractivity contribution in [3.05, 3.63) is 72.7 Å².